The van der Waals surface area contributed by atoms with Gasteiger partial charge in [0.15, 0.2) is 0 Å². The molecule has 0 spiro atoms. The predicted octanol–water partition coefficient (Wildman–Crippen LogP) is 2.20. The molecule has 3 fully saturated rings. The Kier molecular flexibility index (Phi) is 6.68. The Labute approximate surface area is 188 Å². The number of amides is 3. The molecule has 0 radical (unpaired) electrons. The van der Waals surface area contributed by atoms with Gasteiger partial charge in [-0.1, -0.05) is 26.0 Å². The van der Waals surface area contributed by atoms with Crippen LogP contribution < -0.4 is 10.0 Å². The lowest BCUT2D eigenvalue weighted by atomic mass is 9.91. The Balaban J connectivity index is 1.53. The van der Waals surface area contributed by atoms with Gasteiger partial charge < -0.3 is 14.8 Å². The number of carbonyl (C=O) groups excluding carboxylic acids is 3. The fourth-order valence-electron chi connectivity index (χ4n) is 5.12. The molecule has 3 amide bonds. The van der Waals surface area contributed by atoms with Crippen LogP contribution in [-0.2, 0) is 25.7 Å². The van der Waals surface area contributed by atoms with Crippen molar-refractivity contribution in [1.29, 1.82) is 0 Å². The van der Waals surface area contributed by atoms with Crippen molar-refractivity contribution in [3.63, 3.8) is 0 Å². The molecule has 172 valence electrons. The summed E-state index contributed by atoms with van der Waals surface area (Å²) < 4.78 is 14.9. The maximum atomic E-state index is 13.2. The first kappa shape index (κ1) is 22.6. The largest absolute Gasteiger partial charge is 0.593 e. The summed E-state index contributed by atoms with van der Waals surface area (Å²) in [7, 11) is 0. The minimum absolute atomic E-state index is 0.0334. The van der Waals surface area contributed by atoms with Crippen molar-refractivity contribution in [2.75, 3.05) is 6.54 Å². The van der Waals surface area contributed by atoms with E-state index in [9.17, 15) is 18.9 Å². The van der Waals surface area contributed by atoms with Gasteiger partial charge in [-0.25, -0.2) is 0 Å². The highest BCUT2D eigenvalue weighted by Gasteiger charge is 2.62. The second-order valence-electron chi connectivity index (χ2n) is 10.1. The van der Waals surface area contributed by atoms with Crippen LogP contribution in [-0.4, -0.2) is 50.5 Å². The summed E-state index contributed by atoms with van der Waals surface area (Å²) in [6.07, 6.45) is 11.2. The fraction of sp³-hybridized carbons (Fsp3) is 0.783. The van der Waals surface area contributed by atoms with Gasteiger partial charge in [-0.3, -0.25) is 14.4 Å². The minimum atomic E-state index is -1.39. The molecule has 2 aliphatic carbocycles. The first-order valence-electron chi connectivity index (χ1n) is 11.8. The number of nitrogens with zero attached hydrogens (tertiary/aromatic N) is 1. The summed E-state index contributed by atoms with van der Waals surface area (Å²) in [6, 6.07) is -0.522. The number of hydrogen-bond acceptors (Lipinski definition) is 4. The lowest BCUT2D eigenvalue weighted by Crippen LogP contribution is -2.56. The number of nitrogens with one attached hydrogen (secondary N) is 2. The van der Waals surface area contributed by atoms with Crippen LogP contribution in [0.3, 0.4) is 0 Å². The minimum Gasteiger partial charge on any atom is -0.593 e. The van der Waals surface area contributed by atoms with E-state index in [-0.39, 0.29) is 34.8 Å². The van der Waals surface area contributed by atoms with E-state index in [1.165, 1.54) is 0 Å². The van der Waals surface area contributed by atoms with Crippen LogP contribution in [0.2, 0.25) is 0 Å². The molecule has 4 aliphatic rings. The van der Waals surface area contributed by atoms with Gasteiger partial charge in [0.2, 0.25) is 11.8 Å². The maximum Gasteiger partial charge on any atom is 0.287 e. The Morgan fingerprint density at radius 1 is 1.23 bits per heavy atom. The third-order valence-corrected chi connectivity index (χ3v) is 8.65. The van der Waals surface area contributed by atoms with Crippen molar-refractivity contribution in [1.82, 2.24) is 14.9 Å². The van der Waals surface area contributed by atoms with Crippen LogP contribution in [0.1, 0.15) is 71.6 Å². The average molecular weight is 450 g/mol. The molecule has 0 aromatic rings. The molecule has 0 bridgehead atoms. The molecule has 2 unspecified atom stereocenters. The molecule has 1 saturated heterocycles. The fourth-order valence-corrected chi connectivity index (χ4v) is 6.21. The van der Waals surface area contributed by atoms with Crippen molar-refractivity contribution in [2.24, 2.45) is 17.8 Å². The van der Waals surface area contributed by atoms with Gasteiger partial charge in [0.05, 0.1) is 11.4 Å². The van der Waals surface area contributed by atoms with E-state index in [1.807, 2.05) is 6.08 Å². The van der Waals surface area contributed by atoms with E-state index in [0.717, 1.165) is 38.5 Å². The summed E-state index contributed by atoms with van der Waals surface area (Å²) in [5.41, 5.74) is -1.05. The Bertz CT molecular complexity index is 755. The highest BCUT2D eigenvalue weighted by molar-refractivity contribution is 7.90. The van der Waals surface area contributed by atoms with E-state index in [2.05, 4.69) is 30.0 Å². The molecule has 4 rings (SSSR count). The molecule has 7 nitrogen and oxygen atoms in total. The summed E-state index contributed by atoms with van der Waals surface area (Å²) in [4.78, 5) is 40.9. The van der Waals surface area contributed by atoms with E-state index in [4.69, 9.17) is 0 Å². The number of allylic oxidation sites excluding steroid dienone is 1. The zero-order valence-electron chi connectivity index (χ0n) is 18.6. The van der Waals surface area contributed by atoms with Gasteiger partial charge in [0.25, 0.3) is 5.91 Å². The smallest absolute Gasteiger partial charge is 0.287 e. The van der Waals surface area contributed by atoms with Crippen LogP contribution in [0.25, 0.3) is 0 Å². The van der Waals surface area contributed by atoms with E-state index < -0.39 is 22.9 Å². The van der Waals surface area contributed by atoms with Crippen molar-refractivity contribution < 1.29 is 18.9 Å². The van der Waals surface area contributed by atoms with Crippen LogP contribution in [0, 0.1) is 17.8 Å². The third-order valence-electron chi connectivity index (χ3n) is 7.18. The van der Waals surface area contributed by atoms with Gasteiger partial charge in [0, 0.05) is 31.7 Å². The number of hydrogen-bond donors (Lipinski definition) is 2. The molecule has 2 saturated carbocycles. The van der Waals surface area contributed by atoms with Crippen molar-refractivity contribution in [3.8, 4) is 0 Å². The van der Waals surface area contributed by atoms with Crippen LogP contribution in [0.4, 0.5) is 0 Å². The second kappa shape index (κ2) is 9.14. The predicted molar refractivity (Wildman–Crippen MR) is 119 cm³/mol. The van der Waals surface area contributed by atoms with Crippen LogP contribution in [0.15, 0.2) is 12.2 Å². The monoisotopic (exact) mass is 449 g/mol. The van der Waals surface area contributed by atoms with Gasteiger partial charge >= 0.3 is 0 Å². The first-order valence-corrected chi connectivity index (χ1v) is 13.0. The Morgan fingerprint density at radius 2 is 2.00 bits per heavy atom. The van der Waals surface area contributed by atoms with Crippen molar-refractivity contribution in [2.45, 2.75) is 88.5 Å². The molecular weight excluding hydrogens is 414 g/mol. The normalized spacial score (nSPS) is 38.7. The topological polar surface area (TPSA) is 102 Å². The standard InChI is InChI=1S/C23H35N3O4S/c1-15-6-3-4-7-17-14-23(17,22(29)25-31(30)18-9-10-18)24-21(28)19-8-5-11-26(19)20(27)13-16(2)12-15/h4,7,15-19H,3,5-6,8-14H2,1-2H3,(H,24,28)(H,25,29)/b7-4-/t15-,16-,17?,19+,23-,31?/m1/s1. The average Bonchev–Trinajstić information content (AvgIpc) is 3.61. The van der Waals surface area contributed by atoms with Gasteiger partial charge in [-0.2, -0.15) is 4.72 Å². The maximum absolute atomic E-state index is 13.2. The third kappa shape index (κ3) is 5.11. The molecule has 0 aromatic carbocycles. The van der Waals surface area contributed by atoms with Crippen LogP contribution >= 0.6 is 0 Å². The van der Waals surface area contributed by atoms with Crippen LogP contribution in [0.5, 0.6) is 0 Å². The number of carbonyl (C=O) groups is 3. The SMILES string of the molecule is C[C@@H]1CC/C=C\C2C[C@@]2(C(=O)N[S+]([O-])C2CC2)NC(=O)[C@@H]2CCCN2C(=O)C[C@H](C)C1. The second-order valence-corrected chi connectivity index (χ2v) is 11.6. The quantitative estimate of drug-likeness (QED) is 0.509. The molecular formula is C23H35N3O4S. The molecule has 31 heavy (non-hydrogen) atoms. The summed E-state index contributed by atoms with van der Waals surface area (Å²) in [6.45, 7) is 4.92. The van der Waals surface area contributed by atoms with E-state index in [0.29, 0.717) is 31.7 Å². The lowest BCUT2D eigenvalue weighted by Gasteiger charge is -2.28. The van der Waals surface area contributed by atoms with Gasteiger partial charge in [-0.05, 0) is 50.4 Å². The van der Waals surface area contributed by atoms with E-state index in [1.54, 1.807) is 4.90 Å². The Morgan fingerprint density at radius 3 is 2.74 bits per heavy atom. The first-order chi connectivity index (χ1) is 14.8. The van der Waals surface area contributed by atoms with Crippen molar-refractivity contribution in [3.05, 3.63) is 12.2 Å². The van der Waals surface area contributed by atoms with Gasteiger partial charge in [-0.15, -0.1) is 0 Å². The van der Waals surface area contributed by atoms with Crippen molar-refractivity contribution >= 4 is 29.1 Å². The zero-order valence-corrected chi connectivity index (χ0v) is 19.4. The summed E-state index contributed by atoms with van der Waals surface area (Å²) >= 11 is -1.39. The lowest BCUT2D eigenvalue weighted by molar-refractivity contribution is -0.140. The molecule has 2 heterocycles. The highest BCUT2D eigenvalue weighted by Crippen LogP contribution is 2.46. The van der Waals surface area contributed by atoms with Gasteiger partial charge in [0.1, 0.15) is 16.8 Å². The number of fused-ring (bicyclic) bond motifs is 2. The number of rotatable bonds is 3. The molecule has 0 aromatic heterocycles. The molecule has 8 heteroatoms. The summed E-state index contributed by atoms with van der Waals surface area (Å²) in [5.74, 6) is 0.111. The summed E-state index contributed by atoms with van der Waals surface area (Å²) in [5, 5.41) is 3.02. The highest BCUT2D eigenvalue weighted by atomic mass is 32.2. The Hall–Kier alpha value is -1.54. The zero-order chi connectivity index (χ0) is 22.2. The molecule has 2 N–H and O–H groups in total. The molecule has 2 aliphatic heterocycles. The van der Waals surface area contributed by atoms with E-state index >= 15 is 0 Å². The molecule has 6 atom stereocenters.